The third-order valence-electron chi connectivity index (χ3n) is 5.62. The van der Waals surface area contributed by atoms with E-state index >= 15 is 0 Å². The van der Waals surface area contributed by atoms with Gasteiger partial charge in [-0.25, -0.2) is 0 Å². The number of hydrogen-bond donors (Lipinski definition) is 2. The van der Waals surface area contributed by atoms with E-state index in [4.69, 9.17) is 9.47 Å². The van der Waals surface area contributed by atoms with Gasteiger partial charge in [-0.2, -0.15) is 0 Å². The number of nitrogens with one attached hydrogen (secondary N) is 2. The minimum atomic E-state index is -0.503. The summed E-state index contributed by atoms with van der Waals surface area (Å²) < 4.78 is 9.98. The fourth-order valence-corrected chi connectivity index (χ4v) is 5.31. The van der Waals surface area contributed by atoms with Gasteiger partial charge in [-0.3, -0.25) is 48.2 Å². The molecule has 0 saturated heterocycles. The van der Waals surface area contributed by atoms with Crippen molar-refractivity contribution in [3.05, 3.63) is 24.3 Å². The van der Waals surface area contributed by atoms with Gasteiger partial charge in [-0.15, -0.1) is 0 Å². The van der Waals surface area contributed by atoms with Crippen LogP contribution in [0.5, 0.6) is 0 Å². The Morgan fingerprint density at radius 2 is 0.952 bits per heavy atom. The molecular formula is C26H34N4O10S2. The van der Waals surface area contributed by atoms with E-state index in [2.05, 4.69) is 10.6 Å². The van der Waals surface area contributed by atoms with E-state index in [-0.39, 0.29) is 63.8 Å². The molecule has 2 aliphatic heterocycles. The Kier molecular flexibility index (Phi) is 16.0. The van der Waals surface area contributed by atoms with Crippen LogP contribution in [0.15, 0.2) is 24.3 Å². The van der Waals surface area contributed by atoms with E-state index < -0.39 is 35.6 Å². The van der Waals surface area contributed by atoms with Crippen molar-refractivity contribution in [3.63, 3.8) is 0 Å². The molecule has 0 spiro atoms. The van der Waals surface area contributed by atoms with Crippen LogP contribution >= 0.6 is 21.6 Å². The molecule has 0 atom stereocenters. The first-order chi connectivity index (χ1) is 20.2. The minimum Gasteiger partial charge on any atom is -0.464 e. The molecule has 42 heavy (non-hydrogen) atoms. The number of amides is 6. The Hall–Kier alpha value is -3.66. The van der Waals surface area contributed by atoms with E-state index in [9.17, 15) is 38.4 Å². The first kappa shape index (κ1) is 34.5. The zero-order valence-electron chi connectivity index (χ0n) is 23.0. The second-order valence-electron chi connectivity index (χ2n) is 8.81. The fourth-order valence-electron chi connectivity index (χ4n) is 3.49. The van der Waals surface area contributed by atoms with E-state index in [1.807, 2.05) is 0 Å². The molecule has 14 nitrogen and oxygen atoms in total. The highest BCUT2D eigenvalue weighted by Crippen LogP contribution is 2.19. The van der Waals surface area contributed by atoms with Crippen molar-refractivity contribution in [2.75, 3.05) is 50.9 Å². The predicted molar refractivity (Wildman–Crippen MR) is 152 cm³/mol. The molecule has 0 saturated carbocycles. The summed E-state index contributed by atoms with van der Waals surface area (Å²) in [5.74, 6) is -1.80. The molecule has 0 radical (unpaired) electrons. The Bertz CT molecular complexity index is 975. The topological polar surface area (TPSA) is 186 Å². The number of nitrogens with zero attached hydrogens (tertiary/aromatic N) is 2. The third kappa shape index (κ3) is 13.8. The largest absolute Gasteiger partial charge is 0.464 e. The van der Waals surface area contributed by atoms with E-state index in [1.165, 1.54) is 0 Å². The lowest BCUT2D eigenvalue weighted by atomic mass is 10.2. The highest BCUT2D eigenvalue weighted by Gasteiger charge is 2.24. The molecule has 2 heterocycles. The Morgan fingerprint density at radius 1 is 0.595 bits per heavy atom. The SMILES string of the molecule is O=C(CCCC(=O)OCCN1C(=O)C=CC1=O)NCCSSCCNC(=O)CCCC(=O)OCCN1C(=O)C=CC1=O. The van der Waals surface area contributed by atoms with Crippen LogP contribution in [0.2, 0.25) is 0 Å². The summed E-state index contributed by atoms with van der Waals surface area (Å²) in [6.45, 7) is 0.718. The third-order valence-corrected chi connectivity index (χ3v) is 8.03. The molecule has 230 valence electrons. The molecule has 2 rings (SSSR count). The highest BCUT2D eigenvalue weighted by atomic mass is 33.1. The van der Waals surface area contributed by atoms with E-state index in [0.29, 0.717) is 37.4 Å². The van der Waals surface area contributed by atoms with Gasteiger partial charge in [0.05, 0.1) is 13.1 Å². The van der Waals surface area contributed by atoms with Gasteiger partial charge in [0.2, 0.25) is 11.8 Å². The fraction of sp³-hybridized carbons (Fsp3) is 0.538. The highest BCUT2D eigenvalue weighted by molar-refractivity contribution is 8.76. The van der Waals surface area contributed by atoms with Crippen LogP contribution in [-0.2, 0) is 47.8 Å². The second-order valence-corrected chi connectivity index (χ2v) is 11.5. The first-order valence-corrected chi connectivity index (χ1v) is 15.8. The maximum atomic E-state index is 11.9. The maximum Gasteiger partial charge on any atom is 0.305 e. The lowest BCUT2D eigenvalue weighted by molar-refractivity contribution is -0.147. The van der Waals surface area contributed by atoms with Gasteiger partial charge in [0.1, 0.15) is 13.2 Å². The van der Waals surface area contributed by atoms with Gasteiger partial charge in [0, 0.05) is 74.6 Å². The molecule has 6 amide bonds. The summed E-state index contributed by atoms with van der Waals surface area (Å²) in [5.41, 5.74) is 0. The molecule has 16 heteroatoms. The van der Waals surface area contributed by atoms with Crippen molar-refractivity contribution < 1.29 is 47.8 Å². The summed E-state index contributed by atoms with van der Waals surface area (Å²) in [6.07, 6.45) is 5.70. The summed E-state index contributed by atoms with van der Waals surface area (Å²) >= 11 is 0. The molecule has 2 aliphatic rings. The molecule has 2 N–H and O–H groups in total. The van der Waals surface area contributed by atoms with Crippen molar-refractivity contribution in [3.8, 4) is 0 Å². The van der Waals surface area contributed by atoms with Crippen LogP contribution in [0.4, 0.5) is 0 Å². The maximum absolute atomic E-state index is 11.9. The number of imide groups is 2. The van der Waals surface area contributed by atoms with Crippen LogP contribution in [0.25, 0.3) is 0 Å². The average Bonchev–Trinajstić information content (AvgIpc) is 3.44. The summed E-state index contributed by atoms with van der Waals surface area (Å²) in [4.78, 5) is 94.8. The number of hydrogen-bond acceptors (Lipinski definition) is 12. The Morgan fingerprint density at radius 3 is 1.31 bits per heavy atom. The molecule has 0 aromatic rings. The predicted octanol–water partition coefficient (Wildman–Crippen LogP) is -0.123. The molecule has 0 fully saturated rings. The summed E-state index contributed by atoms with van der Waals surface area (Å²) in [5, 5.41) is 5.52. The monoisotopic (exact) mass is 626 g/mol. The quantitative estimate of drug-likeness (QED) is 0.0746. The Balaban J connectivity index is 1.34. The van der Waals surface area contributed by atoms with Gasteiger partial charge in [0.25, 0.3) is 23.6 Å². The van der Waals surface area contributed by atoms with Crippen molar-refractivity contribution in [1.82, 2.24) is 20.4 Å². The molecule has 0 unspecified atom stereocenters. The first-order valence-electron chi connectivity index (χ1n) is 13.3. The van der Waals surface area contributed by atoms with Gasteiger partial charge in [0.15, 0.2) is 0 Å². The number of rotatable bonds is 21. The van der Waals surface area contributed by atoms with Crippen LogP contribution in [0, 0.1) is 0 Å². The molecule has 0 bridgehead atoms. The van der Waals surface area contributed by atoms with Gasteiger partial charge in [-0.1, -0.05) is 21.6 Å². The second kappa shape index (κ2) is 19.5. The van der Waals surface area contributed by atoms with E-state index in [0.717, 1.165) is 34.1 Å². The Labute approximate surface area is 250 Å². The van der Waals surface area contributed by atoms with Crippen LogP contribution < -0.4 is 10.6 Å². The van der Waals surface area contributed by atoms with Gasteiger partial charge in [-0.05, 0) is 12.8 Å². The number of carbonyl (C=O) groups is 8. The van der Waals surface area contributed by atoms with Crippen LogP contribution in [-0.4, -0.2) is 108 Å². The van der Waals surface area contributed by atoms with Crippen LogP contribution in [0.1, 0.15) is 38.5 Å². The number of carbonyl (C=O) groups excluding carboxylic acids is 8. The normalized spacial score (nSPS) is 14.1. The molecule has 0 aliphatic carbocycles. The van der Waals surface area contributed by atoms with Crippen LogP contribution in [0.3, 0.4) is 0 Å². The van der Waals surface area contributed by atoms with E-state index in [1.54, 1.807) is 21.6 Å². The molecular weight excluding hydrogens is 592 g/mol. The lowest BCUT2D eigenvalue weighted by Gasteiger charge is -2.13. The number of esters is 2. The molecule has 0 aromatic carbocycles. The summed E-state index contributed by atoms with van der Waals surface area (Å²) in [6, 6.07) is 0. The molecule has 0 aromatic heterocycles. The lowest BCUT2D eigenvalue weighted by Crippen LogP contribution is -2.33. The van der Waals surface area contributed by atoms with Crippen molar-refractivity contribution in [2.45, 2.75) is 38.5 Å². The van der Waals surface area contributed by atoms with Crippen molar-refractivity contribution in [2.24, 2.45) is 0 Å². The number of ether oxygens (including phenoxy) is 2. The van der Waals surface area contributed by atoms with Crippen molar-refractivity contribution >= 4 is 69.0 Å². The minimum absolute atomic E-state index is 0.00690. The summed E-state index contributed by atoms with van der Waals surface area (Å²) in [7, 11) is 3.09. The smallest absolute Gasteiger partial charge is 0.305 e. The average molecular weight is 627 g/mol. The standard InChI is InChI=1S/C26H34N4O10S2/c31-19(3-1-5-25(37)39-15-13-29-21(33)7-8-22(29)34)27-11-17-41-42-18-12-28-20(32)4-2-6-26(38)40-16-14-30-23(35)9-10-24(30)36/h7-10H,1-6,11-18H2,(H,27,31)(H,28,32). The zero-order valence-corrected chi connectivity index (χ0v) is 24.6. The van der Waals surface area contributed by atoms with Gasteiger partial charge >= 0.3 is 11.9 Å². The zero-order chi connectivity index (χ0) is 30.7. The van der Waals surface area contributed by atoms with Gasteiger partial charge < -0.3 is 20.1 Å². The van der Waals surface area contributed by atoms with Crippen molar-refractivity contribution in [1.29, 1.82) is 0 Å².